The Kier molecular flexibility index (Phi) is 3.59. The fraction of sp³-hybridized carbons (Fsp3) is 0.583. The summed E-state index contributed by atoms with van der Waals surface area (Å²) in [4.78, 5) is 6.39. The summed E-state index contributed by atoms with van der Waals surface area (Å²) < 4.78 is 23.0. The predicted octanol–water partition coefficient (Wildman–Crippen LogP) is 0.725. The fourth-order valence-corrected chi connectivity index (χ4v) is 3.78. The first-order valence-electron chi connectivity index (χ1n) is 6.07. The molecule has 0 aliphatic carbocycles. The summed E-state index contributed by atoms with van der Waals surface area (Å²) >= 11 is 0. The number of hydrogen-bond acceptors (Lipinski definition) is 5. The van der Waals surface area contributed by atoms with Gasteiger partial charge < -0.3 is 10.6 Å². The van der Waals surface area contributed by atoms with Crippen LogP contribution < -0.4 is 10.6 Å². The van der Waals surface area contributed by atoms with Crippen LogP contribution in [0.5, 0.6) is 0 Å². The van der Waals surface area contributed by atoms with Gasteiger partial charge in [-0.1, -0.05) is 0 Å². The average molecular weight is 269 g/mol. The molecule has 0 saturated carbocycles. The minimum absolute atomic E-state index is 0.00769. The fourth-order valence-electron chi connectivity index (χ4n) is 2.22. The molecular formula is C12H19N3O2S. The molecule has 0 amide bonds. The summed E-state index contributed by atoms with van der Waals surface area (Å²) in [6.07, 6.45) is 1.77. The van der Waals surface area contributed by atoms with Crippen LogP contribution >= 0.6 is 0 Å². The molecule has 1 aliphatic rings. The van der Waals surface area contributed by atoms with Gasteiger partial charge in [-0.3, -0.25) is 4.98 Å². The lowest BCUT2D eigenvalue weighted by molar-refractivity contribution is 0.568. The van der Waals surface area contributed by atoms with Crippen molar-refractivity contribution in [1.82, 2.24) is 4.98 Å². The number of rotatable bonds is 2. The van der Waals surface area contributed by atoms with E-state index in [0.29, 0.717) is 6.54 Å². The lowest BCUT2D eigenvalue weighted by atomic mass is 10.2. The van der Waals surface area contributed by atoms with Gasteiger partial charge in [-0.25, -0.2) is 8.42 Å². The first-order valence-corrected chi connectivity index (χ1v) is 7.90. The first kappa shape index (κ1) is 13.3. The van der Waals surface area contributed by atoms with Crippen molar-refractivity contribution in [3.8, 4) is 0 Å². The molecule has 5 nitrogen and oxygen atoms in total. The maximum atomic E-state index is 11.5. The van der Waals surface area contributed by atoms with E-state index in [0.717, 1.165) is 11.4 Å². The number of pyridine rings is 1. The average Bonchev–Trinajstić information content (AvgIpc) is 2.28. The van der Waals surface area contributed by atoms with Crippen LogP contribution in [0.2, 0.25) is 0 Å². The highest BCUT2D eigenvalue weighted by atomic mass is 32.2. The standard InChI is InChI=1S/C12H19N3O2S/c1-9-8-18(16,17)6-5-15(9)11-3-4-12(10(2)13)14-7-11/h3-4,7,9-10H,5-6,8,13H2,1-2H3. The lowest BCUT2D eigenvalue weighted by Crippen LogP contribution is -2.47. The molecule has 1 aromatic heterocycles. The molecular weight excluding hydrogens is 250 g/mol. The van der Waals surface area contributed by atoms with Gasteiger partial charge in [0.15, 0.2) is 9.84 Å². The van der Waals surface area contributed by atoms with E-state index in [9.17, 15) is 8.42 Å². The molecule has 2 atom stereocenters. The second kappa shape index (κ2) is 4.85. The smallest absolute Gasteiger partial charge is 0.154 e. The maximum Gasteiger partial charge on any atom is 0.154 e. The highest BCUT2D eigenvalue weighted by Gasteiger charge is 2.28. The van der Waals surface area contributed by atoms with Crippen molar-refractivity contribution in [2.45, 2.75) is 25.9 Å². The van der Waals surface area contributed by atoms with Crippen LogP contribution in [-0.2, 0) is 9.84 Å². The molecule has 2 N–H and O–H groups in total. The monoisotopic (exact) mass is 269 g/mol. The van der Waals surface area contributed by atoms with Crippen LogP contribution in [0.3, 0.4) is 0 Å². The third kappa shape index (κ3) is 2.81. The van der Waals surface area contributed by atoms with Gasteiger partial charge in [0.1, 0.15) is 0 Å². The van der Waals surface area contributed by atoms with Crippen LogP contribution in [-0.4, -0.2) is 37.5 Å². The SMILES string of the molecule is CC(N)c1ccc(N2CCS(=O)(=O)CC2C)cn1. The lowest BCUT2D eigenvalue weighted by Gasteiger charge is -2.34. The summed E-state index contributed by atoms with van der Waals surface area (Å²) in [5, 5.41) is 0. The molecule has 0 bridgehead atoms. The number of nitrogens with zero attached hydrogens (tertiary/aromatic N) is 2. The van der Waals surface area contributed by atoms with E-state index in [1.807, 2.05) is 26.0 Å². The van der Waals surface area contributed by atoms with Crippen LogP contribution in [0, 0.1) is 0 Å². The van der Waals surface area contributed by atoms with Crippen molar-refractivity contribution in [3.63, 3.8) is 0 Å². The Hall–Kier alpha value is -1.14. The van der Waals surface area contributed by atoms with E-state index >= 15 is 0 Å². The molecule has 0 radical (unpaired) electrons. The van der Waals surface area contributed by atoms with E-state index in [-0.39, 0.29) is 23.6 Å². The molecule has 1 aromatic rings. The summed E-state index contributed by atoms with van der Waals surface area (Å²) in [6, 6.07) is 3.76. The summed E-state index contributed by atoms with van der Waals surface area (Å²) in [5.41, 5.74) is 7.55. The van der Waals surface area contributed by atoms with Crippen LogP contribution in [0.4, 0.5) is 5.69 Å². The van der Waals surface area contributed by atoms with Crippen molar-refractivity contribution in [1.29, 1.82) is 0 Å². The maximum absolute atomic E-state index is 11.5. The number of sulfone groups is 1. The van der Waals surface area contributed by atoms with E-state index in [2.05, 4.69) is 9.88 Å². The van der Waals surface area contributed by atoms with Crippen molar-refractivity contribution < 1.29 is 8.42 Å². The molecule has 0 aromatic carbocycles. The Morgan fingerprint density at radius 3 is 2.72 bits per heavy atom. The van der Waals surface area contributed by atoms with Gasteiger partial charge in [0, 0.05) is 18.6 Å². The molecule has 2 rings (SSSR count). The van der Waals surface area contributed by atoms with Crippen LogP contribution in [0.1, 0.15) is 25.6 Å². The number of anilines is 1. The quantitative estimate of drug-likeness (QED) is 0.856. The van der Waals surface area contributed by atoms with E-state index in [1.165, 1.54) is 0 Å². The summed E-state index contributed by atoms with van der Waals surface area (Å²) in [6.45, 7) is 4.34. The number of hydrogen-bond donors (Lipinski definition) is 1. The highest BCUT2D eigenvalue weighted by Crippen LogP contribution is 2.21. The molecule has 2 unspecified atom stereocenters. The minimum atomic E-state index is -2.88. The van der Waals surface area contributed by atoms with Crippen molar-refractivity contribution >= 4 is 15.5 Å². The van der Waals surface area contributed by atoms with Gasteiger partial charge in [0.25, 0.3) is 0 Å². The minimum Gasteiger partial charge on any atom is -0.366 e. The third-order valence-corrected chi connectivity index (χ3v) is 5.03. The second-order valence-corrected chi connectivity index (χ2v) is 7.12. The highest BCUT2D eigenvalue weighted by molar-refractivity contribution is 7.91. The summed E-state index contributed by atoms with van der Waals surface area (Å²) in [5.74, 6) is 0.425. The largest absolute Gasteiger partial charge is 0.366 e. The Labute approximate surface area is 108 Å². The molecule has 0 spiro atoms. The van der Waals surface area contributed by atoms with Gasteiger partial charge in [-0.15, -0.1) is 0 Å². The second-order valence-electron chi connectivity index (χ2n) is 4.89. The van der Waals surface area contributed by atoms with E-state index in [1.54, 1.807) is 6.20 Å². The Balaban J connectivity index is 2.17. The normalized spacial score (nSPS) is 24.8. The van der Waals surface area contributed by atoms with Crippen LogP contribution in [0.25, 0.3) is 0 Å². The molecule has 6 heteroatoms. The van der Waals surface area contributed by atoms with Gasteiger partial charge in [0.2, 0.25) is 0 Å². The predicted molar refractivity (Wildman–Crippen MR) is 72.3 cm³/mol. The van der Waals surface area contributed by atoms with Gasteiger partial charge in [-0.2, -0.15) is 0 Å². The van der Waals surface area contributed by atoms with Gasteiger partial charge >= 0.3 is 0 Å². The van der Waals surface area contributed by atoms with E-state index in [4.69, 9.17) is 5.73 Å². The molecule has 18 heavy (non-hydrogen) atoms. The molecule has 100 valence electrons. The Morgan fingerprint density at radius 1 is 1.50 bits per heavy atom. The number of aromatic nitrogens is 1. The van der Waals surface area contributed by atoms with Crippen LogP contribution in [0.15, 0.2) is 18.3 Å². The Morgan fingerprint density at radius 2 is 2.22 bits per heavy atom. The zero-order chi connectivity index (χ0) is 13.3. The molecule has 1 aliphatic heterocycles. The van der Waals surface area contributed by atoms with Gasteiger partial charge in [0.05, 0.1) is 29.1 Å². The van der Waals surface area contributed by atoms with Crippen molar-refractivity contribution in [2.75, 3.05) is 23.0 Å². The van der Waals surface area contributed by atoms with Crippen molar-refractivity contribution in [2.24, 2.45) is 5.73 Å². The van der Waals surface area contributed by atoms with Crippen molar-refractivity contribution in [3.05, 3.63) is 24.0 Å². The topological polar surface area (TPSA) is 76.3 Å². The zero-order valence-electron chi connectivity index (χ0n) is 10.7. The molecule has 1 fully saturated rings. The molecule has 1 saturated heterocycles. The third-order valence-electron chi connectivity index (χ3n) is 3.24. The zero-order valence-corrected chi connectivity index (χ0v) is 11.5. The number of nitrogens with two attached hydrogens (primary N) is 1. The van der Waals surface area contributed by atoms with Gasteiger partial charge in [-0.05, 0) is 26.0 Å². The molecule has 2 heterocycles. The first-order chi connectivity index (χ1) is 8.39. The Bertz CT molecular complexity index is 511. The van der Waals surface area contributed by atoms with E-state index < -0.39 is 9.84 Å². The summed E-state index contributed by atoms with van der Waals surface area (Å²) in [7, 11) is -2.88.